The summed E-state index contributed by atoms with van der Waals surface area (Å²) in [6.45, 7) is 4.43. The van der Waals surface area contributed by atoms with Crippen LogP contribution in [0.25, 0.3) is 0 Å². The minimum atomic E-state index is -0.712. The molecule has 0 aliphatic rings. The average molecular weight is 429 g/mol. The smallest absolute Gasteiger partial charge is 0.191 e. The molecule has 0 saturated carbocycles. The molecule has 0 unspecified atom stereocenters. The zero-order valence-electron chi connectivity index (χ0n) is 12.7. The topological polar surface area (TPSA) is 54.9 Å². The Morgan fingerprint density at radius 1 is 1.23 bits per heavy atom. The average Bonchev–Trinajstić information content (AvgIpc) is 2.45. The van der Waals surface area contributed by atoms with Crippen LogP contribution < -0.4 is 15.4 Å². The van der Waals surface area contributed by atoms with E-state index in [1.807, 2.05) is 6.92 Å². The summed E-state index contributed by atoms with van der Waals surface area (Å²) in [5, 5.41) is 6.11. The van der Waals surface area contributed by atoms with Gasteiger partial charge in [0, 0.05) is 19.7 Å². The standard InChI is InChI=1S/C14H21F2N3O2.HI/c1-3-17-14(18-6-8-20-2)19-7-9-21-13-5-4-11(15)10-12(13)16;/h4-5,10H,3,6-9H2,1-2H3,(H2,17,18,19);1H. The highest BCUT2D eigenvalue weighted by atomic mass is 127. The highest BCUT2D eigenvalue weighted by Gasteiger charge is 2.04. The monoisotopic (exact) mass is 429 g/mol. The maximum absolute atomic E-state index is 13.3. The van der Waals surface area contributed by atoms with E-state index in [2.05, 4.69) is 15.6 Å². The van der Waals surface area contributed by atoms with Crippen molar-refractivity contribution in [1.29, 1.82) is 0 Å². The molecule has 0 aliphatic carbocycles. The first-order chi connectivity index (χ1) is 10.2. The molecule has 1 aromatic carbocycles. The predicted molar refractivity (Wildman–Crippen MR) is 93.1 cm³/mol. The van der Waals surface area contributed by atoms with Crippen molar-refractivity contribution >= 4 is 29.9 Å². The fourth-order valence-corrected chi connectivity index (χ4v) is 1.51. The van der Waals surface area contributed by atoms with Crippen molar-refractivity contribution < 1.29 is 18.3 Å². The van der Waals surface area contributed by atoms with Crippen molar-refractivity contribution in [2.45, 2.75) is 6.92 Å². The Hall–Kier alpha value is -1.16. The summed E-state index contributed by atoms with van der Waals surface area (Å²) >= 11 is 0. The molecule has 0 saturated heterocycles. The van der Waals surface area contributed by atoms with Crippen LogP contribution in [-0.2, 0) is 4.74 Å². The normalized spacial score (nSPS) is 10.8. The number of hydrogen-bond acceptors (Lipinski definition) is 3. The van der Waals surface area contributed by atoms with Crippen molar-refractivity contribution in [3.05, 3.63) is 29.8 Å². The number of guanidine groups is 1. The van der Waals surface area contributed by atoms with Gasteiger partial charge in [0.15, 0.2) is 17.5 Å². The van der Waals surface area contributed by atoms with Crippen LogP contribution in [0.2, 0.25) is 0 Å². The number of ether oxygens (including phenoxy) is 2. The van der Waals surface area contributed by atoms with Gasteiger partial charge in [0.25, 0.3) is 0 Å². The van der Waals surface area contributed by atoms with Gasteiger partial charge in [-0.3, -0.25) is 4.99 Å². The van der Waals surface area contributed by atoms with Crippen LogP contribution in [-0.4, -0.2) is 45.9 Å². The van der Waals surface area contributed by atoms with Crippen LogP contribution >= 0.6 is 24.0 Å². The molecule has 0 bridgehead atoms. The molecule has 0 heterocycles. The van der Waals surface area contributed by atoms with Crippen LogP contribution in [0, 0.1) is 11.6 Å². The lowest BCUT2D eigenvalue weighted by atomic mass is 10.3. The maximum Gasteiger partial charge on any atom is 0.191 e. The van der Waals surface area contributed by atoms with Crippen molar-refractivity contribution in [3.8, 4) is 5.75 Å². The van der Waals surface area contributed by atoms with Gasteiger partial charge in [-0.25, -0.2) is 8.78 Å². The molecule has 0 fully saturated rings. The minimum Gasteiger partial charge on any atom is -0.489 e. The molecule has 5 nitrogen and oxygen atoms in total. The molecule has 1 rings (SSSR count). The summed E-state index contributed by atoms with van der Waals surface area (Å²) in [4.78, 5) is 4.27. The van der Waals surface area contributed by atoms with Crippen molar-refractivity contribution in [2.24, 2.45) is 4.99 Å². The molecule has 0 atom stereocenters. The number of benzene rings is 1. The third kappa shape index (κ3) is 8.32. The van der Waals surface area contributed by atoms with E-state index in [0.717, 1.165) is 18.7 Å². The van der Waals surface area contributed by atoms with Gasteiger partial charge in [0.2, 0.25) is 0 Å². The molecule has 1 aromatic rings. The lowest BCUT2D eigenvalue weighted by Crippen LogP contribution is -2.39. The fourth-order valence-electron chi connectivity index (χ4n) is 1.51. The van der Waals surface area contributed by atoms with Crippen LogP contribution in [0.15, 0.2) is 23.2 Å². The van der Waals surface area contributed by atoms with E-state index in [1.54, 1.807) is 7.11 Å². The fraction of sp³-hybridized carbons (Fsp3) is 0.500. The summed E-state index contributed by atoms with van der Waals surface area (Å²) in [7, 11) is 1.61. The zero-order chi connectivity index (χ0) is 15.5. The Kier molecular flexibility index (Phi) is 11.7. The highest BCUT2D eigenvalue weighted by Crippen LogP contribution is 2.17. The Labute approximate surface area is 146 Å². The van der Waals surface area contributed by atoms with Crippen LogP contribution in [0.5, 0.6) is 5.75 Å². The predicted octanol–water partition coefficient (Wildman–Crippen LogP) is 2.16. The lowest BCUT2D eigenvalue weighted by Gasteiger charge is -2.12. The first kappa shape index (κ1) is 20.8. The molecule has 0 amide bonds. The van der Waals surface area contributed by atoms with Crippen LogP contribution in [0.1, 0.15) is 6.92 Å². The van der Waals surface area contributed by atoms with E-state index in [9.17, 15) is 8.78 Å². The first-order valence-electron chi connectivity index (χ1n) is 6.76. The van der Waals surface area contributed by atoms with E-state index in [1.165, 1.54) is 6.07 Å². The second kappa shape index (κ2) is 12.4. The molecule has 8 heteroatoms. The number of nitrogens with zero attached hydrogens (tertiary/aromatic N) is 1. The van der Waals surface area contributed by atoms with Gasteiger partial charge in [-0.15, -0.1) is 24.0 Å². The van der Waals surface area contributed by atoms with E-state index >= 15 is 0 Å². The van der Waals surface area contributed by atoms with Crippen LogP contribution in [0.4, 0.5) is 8.78 Å². The van der Waals surface area contributed by atoms with Gasteiger partial charge in [0.1, 0.15) is 12.4 Å². The second-order valence-electron chi connectivity index (χ2n) is 4.10. The van der Waals surface area contributed by atoms with E-state index in [-0.39, 0.29) is 36.3 Å². The number of aliphatic imine (C=N–C) groups is 1. The van der Waals surface area contributed by atoms with E-state index < -0.39 is 11.6 Å². The third-order valence-corrected chi connectivity index (χ3v) is 2.46. The number of nitrogens with one attached hydrogen (secondary N) is 2. The van der Waals surface area contributed by atoms with E-state index in [0.29, 0.717) is 25.7 Å². The van der Waals surface area contributed by atoms with Crippen molar-refractivity contribution in [1.82, 2.24) is 10.6 Å². The summed E-state index contributed by atoms with van der Waals surface area (Å²) in [5.74, 6) is -0.675. The van der Waals surface area contributed by atoms with Gasteiger partial charge in [-0.1, -0.05) is 0 Å². The SMILES string of the molecule is CCNC(=NCCOC)NCCOc1ccc(F)cc1F.I. The maximum atomic E-state index is 13.3. The van der Waals surface area contributed by atoms with Gasteiger partial charge < -0.3 is 20.1 Å². The second-order valence-corrected chi connectivity index (χ2v) is 4.10. The third-order valence-electron chi connectivity index (χ3n) is 2.46. The molecule has 0 aliphatic heterocycles. The Morgan fingerprint density at radius 2 is 2.00 bits per heavy atom. The van der Waals surface area contributed by atoms with E-state index in [4.69, 9.17) is 9.47 Å². The molecule has 22 heavy (non-hydrogen) atoms. The number of rotatable bonds is 8. The Bertz CT molecular complexity index is 462. The molecule has 0 aromatic heterocycles. The molecular weight excluding hydrogens is 407 g/mol. The molecular formula is C14H22F2IN3O2. The molecule has 0 spiro atoms. The summed E-state index contributed by atoms with van der Waals surface area (Å²) in [5.41, 5.74) is 0. The largest absolute Gasteiger partial charge is 0.489 e. The Balaban J connectivity index is 0.00000441. The first-order valence-corrected chi connectivity index (χ1v) is 6.76. The van der Waals surface area contributed by atoms with Gasteiger partial charge >= 0.3 is 0 Å². The van der Waals surface area contributed by atoms with Gasteiger partial charge in [0.05, 0.1) is 19.7 Å². The molecule has 0 radical (unpaired) electrons. The quantitative estimate of drug-likeness (QED) is 0.288. The van der Waals surface area contributed by atoms with Crippen LogP contribution in [0.3, 0.4) is 0 Å². The highest BCUT2D eigenvalue weighted by molar-refractivity contribution is 14.0. The number of methoxy groups -OCH3 is 1. The summed E-state index contributed by atoms with van der Waals surface area (Å²) in [6, 6.07) is 3.21. The van der Waals surface area contributed by atoms with Crippen molar-refractivity contribution in [3.63, 3.8) is 0 Å². The molecule has 126 valence electrons. The number of hydrogen-bond donors (Lipinski definition) is 2. The summed E-state index contributed by atoms with van der Waals surface area (Å²) < 4.78 is 36.2. The molecule has 2 N–H and O–H groups in total. The number of halogens is 3. The lowest BCUT2D eigenvalue weighted by molar-refractivity contribution is 0.208. The Morgan fingerprint density at radius 3 is 2.64 bits per heavy atom. The zero-order valence-corrected chi connectivity index (χ0v) is 15.0. The van der Waals surface area contributed by atoms with Crippen molar-refractivity contribution in [2.75, 3.05) is 40.0 Å². The summed E-state index contributed by atoms with van der Waals surface area (Å²) in [6.07, 6.45) is 0. The van der Waals surface area contributed by atoms with Gasteiger partial charge in [-0.2, -0.15) is 0 Å². The van der Waals surface area contributed by atoms with Gasteiger partial charge in [-0.05, 0) is 19.1 Å². The minimum absolute atomic E-state index is 0.